The Hall–Kier alpha value is -1.60. The van der Waals surface area contributed by atoms with Crippen LogP contribution >= 0.6 is 15.9 Å². The molecule has 1 aromatic rings. The van der Waals surface area contributed by atoms with Crippen LogP contribution in [0.1, 0.15) is 19.3 Å². The minimum Gasteiger partial charge on any atom is -0.384 e. The van der Waals surface area contributed by atoms with Crippen LogP contribution in [0.4, 0.5) is 10.5 Å². The molecule has 2 saturated heterocycles. The van der Waals surface area contributed by atoms with Gasteiger partial charge in [0, 0.05) is 55.8 Å². The number of halogens is 1. The smallest absolute Gasteiger partial charge is 0.321 e. The molecule has 2 heterocycles. The number of carbonyl (C=O) groups is 2. The number of carbonyl (C=O) groups excluding carboxylic acids is 2. The second-order valence-corrected chi connectivity index (χ2v) is 8.11. The second kappa shape index (κ2) is 8.86. The predicted octanol–water partition coefficient (Wildman–Crippen LogP) is 3.19. The van der Waals surface area contributed by atoms with Crippen molar-refractivity contribution in [3.05, 3.63) is 28.7 Å². The fourth-order valence-electron chi connectivity index (χ4n) is 3.74. The highest BCUT2D eigenvalue weighted by Crippen LogP contribution is 2.24. The minimum atomic E-state index is -0.0526. The molecule has 2 fully saturated rings. The quantitative estimate of drug-likeness (QED) is 0.790. The average molecular weight is 424 g/mol. The van der Waals surface area contributed by atoms with Crippen LogP contribution in [-0.2, 0) is 9.53 Å². The van der Waals surface area contributed by atoms with Gasteiger partial charge in [-0.25, -0.2) is 4.79 Å². The molecule has 1 atom stereocenters. The number of benzene rings is 1. The number of ether oxygens (including phenoxy) is 1. The van der Waals surface area contributed by atoms with Gasteiger partial charge in [-0.2, -0.15) is 0 Å². The molecule has 0 spiro atoms. The molecule has 0 aromatic heterocycles. The molecule has 2 aliphatic rings. The summed E-state index contributed by atoms with van der Waals surface area (Å²) in [6, 6.07) is 7.52. The van der Waals surface area contributed by atoms with Crippen LogP contribution < -0.4 is 5.32 Å². The Morgan fingerprint density at radius 2 is 1.92 bits per heavy atom. The Morgan fingerprint density at radius 1 is 1.23 bits per heavy atom. The molecule has 0 radical (unpaired) electrons. The fourth-order valence-corrected chi connectivity index (χ4v) is 4.01. The third-order valence-electron chi connectivity index (χ3n) is 5.17. The van der Waals surface area contributed by atoms with E-state index in [4.69, 9.17) is 4.74 Å². The molecule has 1 aromatic carbocycles. The molecular weight excluding hydrogens is 398 g/mol. The highest BCUT2D eigenvalue weighted by atomic mass is 79.9. The van der Waals surface area contributed by atoms with Crippen molar-refractivity contribution >= 4 is 33.6 Å². The third kappa shape index (κ3) is 4.98. The van der Waals surface area contributed by atoms with Gasteiger partial charge in [0.25, 0.3) is 0 Å². The molecule has 1 unspecified atom stereocenters. The van der Waals surface area contributed by atoms with Gasteiger partial charge in [0.2, 0.25) is 5.91 Å². The molecule has 3 rings (SSSR count). The van der Waals surface area contributed by atoms with E-state index < -0.39 is 0 Å². The van der Waals surface area contributed by atoms with Gasteiger partial charge in [-0.05, 0) is 43.0 Å². The van der Waals surface area contributed by atoms with E-state index in [1.165, 1.54) is 0 Å². The Morgan fingerprint density at radius 3 is 2.58 bits per heavy atom. The molecule has 7 heteroatoms. The molecule has 0 bridgehead atoms. The Bertz CT molecular complexity index is 629. The van der Waals surface area contributed by atoms with Crippen molar-refractivity contribution in [2.45, 2.75) is 19.3 Å². The summed E-state index contributed by atoms with van der Waals surface area (Å²) in [5, 5.41) is 2.94. The molecular formula is C19H26BrN3O3. The highest BCUT2D eigenvalue weighted by Gasteiger charge is 2.32. The summed E-state index contributed by atoms with van der Waals surface area (Å²) in [6.07, 6.45) is 2.47. The minimum absolute atomic E-state index is 0.0526. The number of methoxy groups -OCH3 is 1. The van der Waals surface area contributed by atoms with Crippen LogP contribution in [0.3, 0.4) is 0 Å². The first-order valence-electron chi connectivity index (χ1n) is 9.13. The monoisotopic (exact) mass is 423 g/mol. The number of nitrogens with zero attached hydrogens (tertiary/aromatic N) is 2. The number of hydrogen-bond acceptors (Lipinski definition) is 3. The van der Waals surface area contributed by atoms with Crippen molar-refractivity contribution in [2.75, 3.05) is 45.2 Å². The molecule has 0 aliphatic carbocycles. The van der Waals surface area contributed by atoms with E-state index >= 15 is 0 Å². The van der Waals surface area contributed by atoms with Crippen LogP contribution in [0, 0.1) is 11.8 Å². The summed E-state index contributed by atoms with van der Waals surface area (Å²) in [5.41, 5.74) is 0.798. The lowest BCUT2D eigenvalue weighted by Gasteiger charge is -2.34. The first-order chi connectivity index (χ1) is 12.5. The number of hydrogen-bond donors (Lipinski definition) is 1. The maximum atomic E-state index is 12.4. The van der Waals surface area contributed by atoms with Gasteiger partial charge >= 0.3 is 6.03 Å². The number of nitrogens with one attached hydrogen (secondary N) is 1. The molecule has 6 nitrogen and oxygen atoms in total. The first kappa shape index (κ1) is 19.2. The zero-order chi connectivity index (χ0) is 18.5. The lowest BCUT2D eigenvalue weighted by Crippen LogP contribution is -2.43. The molecule has 142 valence electrons. The lowest BCUT2D eigenvalue weighted by molar-refractivity contribution is -0.128. The van der Waals surface area contributed by atoms with E-state index in [1.54, 1.807) is 7.11 Å². The fraction of sp³-hybridized carbons (Fsp3) is 0.579. The van der Waals surface area contributed by atoms with E-state index in [2.05, 4.69) is 21.2 Å². The van der Waals surface area contributed by atoms with E-state index in [0.29, 0.717) is 24.9 Å². The summed E-state index contributed by atoms with van der Waals surface area (Å²) in [4.78, 5) is 28.4. The first-order valence-corrected chi connectivity index (χ1v) is 9.92. The molecule has 3 amide bonds. The highest BCUT2D eigenvalue weighted by molar-refractivity contribution is 9.10. The summed E-state index contributed by atoms with van der Waals surface area (Å²) in [6.45, 7) is 3.72. The standard InChI is InChI=1S/C19H26BrN3O3/c1-26-13-15-10-18(24)23(12-15)11-14-6-8-22(9-7-14)19(25)21-17-4-2-16(20)3-5-17/h2-5,14-15H,6-13H2,1H3,(H,21,25). The predicted molar refractivity (Wildman–Crippen MR) is 104 cm³/mol. The van der Waals surface area contributed by atoms with Gasteiger partial charge in [-0.15, -0.1) is 0 Å². The van der Waals surface area contributed by atoms with Gasteiger partial charge in [0.15, 0.2) is 0 Å². The van der Waals surface area contributed by atoms with Gasteiger partial charge in [0.1, 0.15) is 0 Å². The van der Waals surface area contributed by atoms with Crippen molar-refractivity contribution in [3.8, 4) is 0 Å². The number of rotatable bonds is 5. The van der Waals surface area contributed by atoms with Crippen molar-refractivity contribution in [1.82, 2.24) is 9.80 Å². The maximum Gasteiger partial charge on any atom is 0.321 e. The third-order valence-corrected chi connectivity index (χ3v) is 5.70. The SMILES string of the molecule is COCC1CC(=O)N(CC2CCN(C(=O)Nc3ccc(Br)cc3)CC2)C1. The van der Waals surface area contributed by atoms with Crippen LogP contribution in [0.15, 0.2) is 28.7 Å². The molecule has 1 N–H and O–H groups in total. The number of amides is 3. The summed E-state index contributed by atoms with van der Waals surface area (Å²) in [5.74, 6) is 1.03. The second-order valence-electron chi connectivity index (χ2n) is 7.19. The average Bonchev–Trinajstić information content (AvgIpc) is 2.97. The zero-order valence-corrected chi connectivity index (χ0v) is 16.7. The van der Waals surface area contributed by atoms with Crippen molar-refractivity contribution in [1.29, 1.82) is 0 Å². The molecule has 26 heavy (non-hydrogen) atoms. The van der Waals surface area contributed by atoms with E-state index in [-0.39, 0.29) is 11.9 Å². The van der Waals surface area contributed by atoms with Gasteiger partial charge in [-0.3, -0.25) is 4.79 Å². The summed E-state index contributed by atoms with van der Waals surface area (Å²) in [7, 11) is 1.68. The van der Waals surface area contributed by atoms with E-state index in [9.17, 15) is 9.59 Å². The normalized spacial score (nSPS) is 21.3. The van der Waals surface area contributed by atoms with E-state index in [0.717, 1.165) is 49.2 Å². The number of likely N-dealkylation sites (tertiary alicyclic amines) is 2. The van der Waals surface area contributed by atoms with Gasteiger partial charge in [-0.1, -0.05) is 15.9 Å². The largest absolute Gasteiger partial charge is 0.384 e. The van der Waals surface area contributed by atoms with E-state index in [1.807, 2.05) is 34.1 Å². The molecule has 2 aliphatic heterocycles. The lowest BCUT2D eigenvalue weighted by atomic mass is 9.96. The number of piperidine rings is 1. The van der Waals surface area contributed by atoms with Gasteiger partial charge in [0.05, 0.1) is 6.61 Å². The van der Waals surface area contributed by atoms with Crippen molar-refractivity contribution < 1.29 is 14.3 Å². The Balaban J connectivity index is 1.43. The van der Waals surface area contributed by atoms with Gasteiger partial charge < -0.3 is 19.9 Å². The van der Waals surface area contributed by atoms with Crippen LogP contribution in [0.5, 0.6) is 0 Å². The van der Waals surface area contributed by atoms with Crippen LogP contribution in [0.2, 0.25) is 0 Å². The molecule has 0 saturated carbocycles. The zero-order valence-electron chi connectivity index (χ0n) is 15.1. The van der Waals surface area contributed by atoms with Crippen LogP contribution in [-0.4, -0.2) is 61.6 Å². The van der Waals surface area contributed by atoms with Crippen molar-refractivity contribution in [2.24, 2.45) is 11.8 Å². The number of urea groups is 1. The number of anilines is 1. The topological polar surface area (TPSA) is 61.9 Å². The van der Waals surface area contributed by atoms with Crippen molar-refractivity contribution in [3.63, 3.8) is 0 Å². The Kier molecular flexibility index (Phi) is 6.53. The Labute approximate surface area is 163 Å². The summed E-state index contributed by atoms with van der Waals surface area (Å²) >= 11 is 3.39. The maximum absolute atomic E-state index is 12.4. The summed E-state index contributed by atoms with van der Waals surface area (Å²) < 4.78 is 6.16. The van der Waals surface area contributed by atoms with Crippen LogP contribution in [0.25, 0.3) is 0 Å².